The number of nitrogens with one attached hydrogen (secondary N) is 1. The van der Waals surface area contributed by atoms with Gasteiger partial charge in [0.25, 0.3) is 0 Å². The molecule has 0 radical (unpaired) electrons. The highest BCUT2D eigenvalue weighted by atomic mass is 32.2. The zero-order chi connectivity index (χ0) is 17.7. The number of carbonyl (C=O) groups excluding carboxylic acids is 1. The molecule has 128 valence electrons. The predicted octanol–water partition coefficient (Wildman–Crippen LogP) is 1.66. The SMILES string of the molecule is COc1ccc(S(=O)(=O)N(C)CC(=O)Nc2ccc(C)cn2)cc1. The van der Waals surface area contributed by atoms with Crippen LogP contribution in [0.15, 0.2) is 47.5 Å². The molecule has 1 amide bonds. The van der Waals surface area contributed by atoms with E-state index >= 15 is 0 Å². The lowest BCUT2D eigenvalue weighted by molar-refractivity contribution is -0.116. The number of sulfonamides is 1. The average molecular weight is 349 g/mol. The van der Waals surface area contributed by atoms with Crippen LogP contribution in [0, 0.1) is 6.92 Å². The van der Waals surface area contributed by atoms with E-state index in [9.17, 15) is 13.2 Å². The molecule has 8 heteroatoms. The van der Waals surface area contributed by atoms with Crippen molar-refractivity contribution in [2.45, 2.75) is 11.8 Å². The maximum absolute atomic E-state index is 12.5. The summed E-state index contributed by atoms with van der Waals surface area (Å²) >= 11 is 0. The molecule has 7 nitrogen and oxygen atoms in total. The molecule has 0 atom stereocenters. The highest BCUT2D eigenvalue weighted by Gasteiger charge is 2.23. The standard InChI is InChI=1S/C16H19N3O4S/c1-12-4-9-15(17-10-12)18-16(20)11-19(2)24(21,22)14-7-5-13(23-3)6-8-14/h4-10H,11H2,1-3H3,(H,17,18,20). The van der Waals surface area contributed by atoms with Crippen molar-refractivity contribution in [3.8, 4) is 5.75 Å². The summed E-state index contributed by atoms with van der Waals surface area (Å²) in [4.78, 5) is 16.2. The van der Waals surface area contributed by atoms with Crippen LogP contribution in [-0.2, 0) is 14.8 Å². The van der Waals surface area contributed by atoms with Crippen molar-refractivity contribution in [1.29, 1.82) is 0 Å². The van der Waals surface area contributed by atoms with Gasteiger partial charge in [0.05, 0.1) is 18.6 Å². The topological polar surface area (TPSA) is 88.6 Å². The fraction of sp³-hybridized carbons (Fsp3) is 0.250. The van der Waals surface area contributed by atoms with Crippen molar-refractivity contribution in [2.24, 2.45) is 0 Å². The number of ether oxygens (including phenoxy) is 1. The summed E-state index contributed by atoms with van der Waals surface area (Å²) < 4.78 is 30.9. The van der Waals surface area contributed by atoms with Gasteiger partial charge >= 0.3 is 0 Å². The number of likely N-dealkylation sites (N-methyl/N-ethyl adjacent to an activating group) is 1. The number of methoxy groups -OCH3 is 1. The Morgan fingerprint density at radius 2 is 1.88 bits per heavy atom. The van der Waals surface area contributed by atoms with Gasteiger partial charge in [0.1, 0.15) is 11.6 Å². The molecule has 0 fully saturated rings. The lowest BCUT2D eigenvalue weighted by atomic mass is 10.3. The molecule has 0 bridgehead atoms. The molecule has 1 N–H and O–H groups in total. The summed E-state index contributed by atoms with van der Waals surface area (Å²) in [6.45, 7) is 1.57. The van der Waals surface area contributed by atoms with Gasteiger partial charge < -0.3 is 10.1 Å². The summed E-state index contributed by atoms with van der Waals surface area (Å²) in [6, 6.07) is 9.44. The van der Waals surface area contributed by atoms with Gasteiger partial charge in [-0.25, -0.2) is 13.4 Å². The monoisotopic (exact) mass is 349 g/mol. The first kappa shape index (κ1) is 17.9. The van der Waals surface area contributed by atoms with Gasteiger partial charge in [-0.3, -0.25) is 4.79 Å². The fourth-order valence-electron chi connectivity index (χ4n) is 1.94. The second kappa shape index (κ2) is 7.41. The Hall–Kier alpha value is -2.45. The number of aryl methyl sites for hydroxylation is 1. The number of rotatable bonds is 6. The van der Waals surface area contributed by atoms with E-state index in [0.717, 1.165) is 9.87 Å². The predicted molar refractivity (Wildman–Crippen MR) is 90.4 cm³/mol. The summed E-state index contributed by atoms with van der Waals surface area (Å²) in [6.07, 6.45) is 1.62. The lowest BCUT2D eigenvalue weighted by Crippen LogP contribution is -2.35. The summed E-state index contributed by atoms with van der Waals surface area (Å²) in [5.41, 5.74) is 0.965. The van der Waals surface area contributed by atoms with E-state index in [1.54, 1.807) is 30.5 Å². The van der Waals surface area contributed by atoms with E-state index < -0.39 is 15.9 Å². The maximum atomic E-state index is 12.5. The van der Waals surface area contributed by atoms with Crippen molar-refractivity contribution in [2.75, 3.05) is 26.0 Å². The van der Waals surface area contributed by atoms with Gasteiger partial charge in [-0.1, -0.05) is 6.07 Å². The number of aromatic nitrogens is 1. The summed E-state index contributed by atoms with van der Waals surface area (Å²) in [5.74, 6) is 0.464. The molecule has 0 saturated heterocycles. The average Bonchev–Trinajstić information content (AvgIpc) is 2.57. The van der Waals surface area contributed by atoms with E-state index in [4.69, 9.17) is 4.74 Å². The first-order chi connectivity index (χ1) is 11.3. The van der Waals surface area contributed by atoms with Gasteiger partial charge in [0.15, 0.2) is 0 Å². The molecule has 2 aromatic rings. The third-order valence-electron chi connectivity index (χ3n) is 3.31. The molecule has 0 unspecified atom stereocenters. The van der Waals surface area contributed by atoms with Crippen molar-refractivity contribution in [3.05, 3.63) is 48.2 Å². The second-order valence-electron chi connectivity index (χ2n) is 5.21. The number of pyridine rings is 1. The first-order valence-electron chi connectivity index (χ1n) is 7.16. The molecule has 1 aromatic heterocycles. The van der Waals surface area contributed by atoms with Gasteiger partial charge in [-0.2, -0.15) is 4.31 Å². The van der Waals surface area contributed by atoms with Crippen LogP contribution in [0.4, 0.5) is 5.82 Å². The number of anilines is 1. The molecule has 0 saturated carbocycles. The first-order valence-corrected chi connectivity index (χ1v) is 8.60. The molecule has 0 aliphatic heterocycles. The van der Waals surface area contributed by atoms with E-state index in [2.05, 4.69) is 10.3 Å². The lowest BCUT2D eigenvalue weighted by Gasteiger charge is -2.17. The van der Waals surface area contributed by atoms with Crippen LogP contribution in [0.2, 0.25) is 0 Å². The molecule has 0 aliphatic rings. The highest BCUT2D eigenvalue weighted by molar-refractivity contribution is 7.89. The van der Waals surface area contributed by atoms with E-state index in [0.29, 0.717) is 11.6 Å². The van der Waals surface area contributed by atoms with Gasteiger partial charge in [0, 0.05) is 13.2 Å². The van der Waals surface area contributed by atoms with Gasteiger partial charge in [0.2, 0.25) is 15.9 Å². The fourth-order valence-corrected chi connectivity index (χ4v) is 3.07. The number of nitrogens with zero attached hydrogens (tertiary/aromatic N) is 2. The molecular formula is C16H19N3O4S. The molecule has 1 heterocycles. The van der Waals surface area contributed by atoms with Crippen molar-refractivity contribution in [3.63, 3.8) is 0 Å². The van der Waals surface area contributed by atoms with Gasteiger partial charge in [-0.05, 0) is 42.8 Å². The molecule has 0 aliphatic carbocycles. The Kier molecular flexibility index (Phi) is 5.53. The normalized spacial score (nSPS) is 11.3. The van der Waals surface area contributed by atoms with Crippen molar-refractivity contribution >= 4 is 21.7 Å². The third-order valence-corrected chi connectivity index (χ3v) is 5.13. The van der Waals surface area contributed by atoms with E-state index in [-0.39, 0.29) is 11.4 Å². The molecule has 1 aromatic carbocycles. The van der Waals surface area contributed by atoms with Crippen LogP contribution >= 0.6 is 0 Å². The second-order valence-corrected chi connectivity index (χ2v) is 7.25. The minimum atomic E-state index is -3.76. The Morgan fingerprint density at radius 1 is 1.21 bits per heavy atom. The van der Waals surface area contributed by atoms with Crippen LogP contribution < -0.4 is 10.1 Å². The minimum absolute atomic E-state index is 0.0899. The Balaban J connectivity index is 2.05. The van der Waals surface area contributed by atoms with Crippen LogP contribution in [0.5, 0.6) is 5.75 Å². The molecule has 2 rings (SSSR count). The van der Waals surface area contributed by atoms with Crippen molar-refractivity contribution in [1.82, 2.24) is 9.29 Å². The van der Waals surface area contributed by atoms with Crippen molar-refractivity contribution < 1.29 is 17.9 Å². The summed E-state index contributed by atoms with van der Waals surface area (Å²) in [7, 11) is -0.913. The van der Waals surface area contributed by atoms with E-state index in [1.165, 1.54) is 26.3 Å². The number of hydrogen-bond acceptors (Lipinski definition) is 5. The number of carbonyl (C=O) groups is 1. The van der Waals surface area contributed by atoms with E-state index in [1.807, 2.05) is 6.92 Å². The minimum Gasteiger partial charge on any atom is -0.497 e. The quantitative estimate of drug-likeness (QED) is 0.857. The van der Waals surface area contributed by atoms with Crippen LogP contribution in [0.3, 0.4) is 0 Å². The zero-order valence-corrected chi connectivity index (χ0v) is 14.5. The Labute approximate surface area is 141 Å². The van der Waals surface area contributed by atoms with Gasteiger partial charge in [-0.15, -0.1) is 0 Å². The van der Waals surface area contributed by atoms with Crippen LogP contribution in [-0.4, -0.2) is 44.3 Å². The zero-order valence-electron chi connectivity index (χ0n) is 13.7. The Morgan fingerprint density at radius 3 is 2.42 bits per heavy atom. The largest absolute Gasteiger partial charge is 0.497 e. The highest BCUT2D eigenvalue weighted by Crippen LogP contribution is 2.18. The van der Waals surface area contributed by atoms with Crippen LogP contribution in [0.1, 0.15) is 5.56 Å². The number of benzene rings is 1. The molecular weight excluding hydrogens is 330 g/mol. The number of amides is 1. The Bertz CT molecular complexity index is 802. The smallest absolute Gasteiger partial charge is 0.243 e. The molecule has 0 spiro atoms. The summed E-state index contributed by atoms with van der Waals surface area (Å²) in [5, 5.41) is 2.57. The maximum Gasteiger partial charge on any atom is 0.243 e. The number of hydrogen-bond donors (Lipinski definition) is 1. The molecule has 24 heavy (non-hydrogen) atoms. The van der Waals surface area contributed by atoms with Crippen LogP contribution in [0.25, 0.3) is 0 Å². The third kappa shape index (κ3) is 4.30.